The van der Waals surface area contributed by atoms with Gasteiger partial charge in [0.25, 0.3) is 0 Å². The second kappa shape index (κ2) is 2.64. The van der Waals surface area contributed by atoms with E-state index in [-0.39, 0.29) is 0 Å². The Kier molecular flexibility index (Phi) is 1.77. The number of H-pyrrole nitrogens is 1. The molecule has 0 radical (unpaired) electrons. The molecule has 0 fully saturated rings. The van der Waals surface area contributed by atoms with E-state index in [1.807, 2.05) is 12.3 Å². The third kappa shape index (κ3) is 1.12. The first-order valence-electron chi connectivity index (χ1n) is 3.06. The average Bonchev–Trinajstić information content (AvgIpc) is 2.35. The highest BCUT2D eigenvalue weighted by atomic mass is 127. The predicted octanol–water partition coefficient (Wildman–Crippen LogP) is 2.82. The van der Waals surface area contributed by atoms with Crippen molar-refractivity contribution in [1.82, 2.24) is 9.97 Å². The first kappa shape index (κ1) is 7.36. The number of nitrogens with one attached hydrogen (secondary N) is 1. The second-order valence-corrected chi connectivity index (χ2v) is 3.70. The highest BCUT2D eigenvalue weighted by molar-refractivity contribution is 14.1. The summed E-state index contributed by atoms with van der Waals surface area (Å²) in [5, 5.41) is 1.69. The van der Waals surface area contributed by atoms with Crippen molar-refractivity contribution >= 4 is 45.1 Å². The zero-order chi connectivity index (χ0) is 7.84. The van der Waals surface area contributed by atoms with Crippen molar-refractivity contribution in [2.45, 2.75) is 0 Å². The number of fused-ring (bicyclic) bond motifs is 1. The van der Waals surface area contributed by atoms with Crippen LogP contribution in [0, 0.1) is 3.57 Å². The van der Waals surface area contributed by atoms with E-state index in [0.29, 0.717) is 5.15 Å². The van der Waals surface area contributed by atoms with E-state index in [0.717, 1.165) is 14.5 Å². The zero-order valence-corrected chi connectivity index (χ0v) is 8.35. The number of hydrogen-bond donors (Lipinski definition) is 1. The van der Waals surface area contributed by atoms with Crippen LogP contribution in [0.5, 0.6) is 0 Å². The highest BCUT2D eigenvalue weighted by Crippen LogP contribution is 2.23. The third-order valence-corrected chi connectivity index (χ3v) is 2.72. The quantitative estimate of drug-likeness (QED) is 0.738. The molecule has 0 saturated heterocycles. The number of rotatable bonds is 0. The fraction of sp³-hybridized carbons (Fsp3) is 0. The van der Waals surface area contributed by atoms with Crippen LogP contribution in [0.4, 0.5) is 0 Å². The number of hydrogen-bond acceptors (Lipinski definition) is 1. The largest absolute Gasteiger partial charge is 0.350 e. The van der Waals surface area contributed by atoms with Gasteiger partial charge in [-0.1, -0.05) is 11.6 Å². The Labute approximate surface area is 82.1 Å². The Morgan fingerprint density at radius 1 is 1.55 bits per heavy atom. The lowest BCUT2D eigenvalue weighted by Gasteiger charge is -1.90. The summed E-state index contributed by atoms with van der Waals surface area (Å²) in [4.78, 5) is 7.05. The maximum atomic E-state index is 5.82. The van der Waals surface area contributed by atoms with E-state index < -0.39 is 0 Å². The summed E-state index contributed by atoms with van der Waals surface area (Å²) in [5.41, 5.74) is 0.846. The van der Waals surface area contributed by atoms with Crippen molar-refractivity contribution in [2.24, 2.45) is 0 Å². The first-order valence-corrected chi connectivity index (χ1v) is 4.52. The molecule has 0 atom stereocenters. The van der Waals surface area contributed by atoms with Gasteiger partial charge in [0, 0.05) is 21.4 Å². The molecule has 0 saturated carbocycles. The summed E-state index contributed by atoms with van der Waals surface area (Å²) in [5.74, 6) is 0. The van der Waals surface area contributed by atoms with Crippen LogP contribution < -0.4 is 0 Å². The molecule has 2 aromatic heterocycles. The molecule has 0 aliphatic carbocycles. The molecule has 56 valence electrons. The number of aromatic nitrogens is 2. The molecule has 1 N–H and O–H groups in total. The highest BCUT2D eigenvalue weighted by Gasteiger charge is 2.03. The molecule has 2 rings (SSSR count). The van der Waals surface area contributed by atoms with Gasteiger partial charge >= 0.3 is 0 Å². The van der Waals surface area contributed by atoms with Crippen molar-refractivity contribution in [3.63, 3.8) is 0 Å². The van der Waals surface area contributed by atoms with Crippen LogP contribution in [-0.4, -0.2) is 9.97 Å². The fourth-order valence-corrected chi connectivity index (χ4v) is 1.74. The molecule has 11 heavy (non-hydrogen) atoms. The van der Waals surface area contributed by atoms with E-state index in [2.05, 4.69) is 32.6 Å². The Morgan fingerprint density at radius 3 is 3.09 bits per heavy atom. The second-order valence-electron chi connectivity index (χ2n) is 2.16. The summed E-state index contributed by atoms with van der Waals surface area (Å²) in [6.07, 6.45) is 3.62. The van der Waals surface area contributed by atoms with Crippen molar-refractivity contribution in [3.05, 3.63) is 27.2 Å². The molecule has 0 aliphatic rings. The first-order chi connectivity index (χ1) is 5.29. The van der Waals surface area contributed by atoms with Crippen molar-refractivity contribution in [2.75, 3.05) is 0 Å². The van der Waals surface area contributed by atoms with Crippen molar-refractivity contribution < 1.29 is 0 Å². The minimum absolute atomic E-state index is 0.610. The van der Waals surface area contributed by atoms with E-state index >= 15 is 0 Å². The van der Waals surface area contributed by atoms with Gasteiger partial charge in [0.15, 0.2) is 0 Å². The Morgan fingerprint density at radius 2 is 2.36 bits per heavy atom. The van der Waals surface area contributed by atoms with Crippen molar-refractivity contribution in [1.29, 1.82) is 0 Å². The van der Waals surface area contributed by atoms with Gasteiger partial charge in [-0.3, -0.25) is 4.98 Å². The number of aromatic amines is 1. The number of halogens is 2. The van der Waals surface area contributed by atoms with Crippen LogP contribution in [0.15, 0.2) is 18.5 Å². The SMILES string of the molecule is Clc1[nH]cc2c(I)ccnc12. The Bertz CT molecular complexity index is 396. The molecular weight excluding hydrogens is 274 g/mol. The summed E-state index contributed by atoms with van der Waals surface area (Å²) >= 11 is 8.08. The number of pyridine rings is 1. The molecule has 2 aromatic rings. The maximum Gasteiger partial charge on any atom is 0.132 e. The zero-order valence-electron chi connectivity index (χ0n) is 5.44. The molecule has 0 unspecified atom stereocenters. The smallest absolute Gasteiger partial charge is 0.132 e. The summed E-state index contributed by atoms with van der Waals surface area (Å²) in [7, 11) is 0. The summed E-state index contributed by atoms with van der Waals surface area (Å²) in [6.45, 7) is 0. The molecule has 0 amide bonds. The molecule has 2 heterocycles. The Balaban J connectivity index is 2.94. The molecule has 0 aromatic carbocycles. The van der Waals surface area contributed by atoms with Crippen LogP contribution in [-0.2, 0) is 0 Å². The van der Waals surface area contributed by atoms with Gasteiger partial charge in [0.1, 0.15) is 10.7 Å². The third-order valence-electron chi connectivity index (χ3n) is 1.49. The van der Waals surface area contributed by atoms with Crippen molar-refractivity contribution in [3.8, 4) is 0 Å². The average molecular weight is 278 g/mol. The standard InChI is InChI=1S/C7H4ClIN2/c8-7-6-4(3-11-7)5(9)1-2-10-6/h1-3,11H. The predicted molar refractivity (Wildman–Crippen MR) is 53.8 cm³/mol. The molecule has 4 heteroatoms. The molecule has 2 nitrogen and oxygen atoms in total. The van der Waals surface area contributed by atoms with Gasteiger partial charge in [-0.2, -0.15) is 0 Å². The maximum absolute atomic E-state index is 5.82. The summed E-state index contributed by atoms with van der Waals surface area (Å²) in [6, 6.07) is 1.95. The number of nitrogens with zero attached hydrogens (tertiary/aromatic N) is 1. The molecular formula is C7H4ClIN2. The molecule has 0 spiro atoms. The van der Waals surface area contributed by atoms with Gasteiger partial charge in [-0.15, -0.1) is 0 Å². The lowest BCUT2D eigenvalue weighted by Crippen LogP contribution is -1.75. The van der Waals surface area contributed by atoms with E-state index in [9.17, 15) is 0 Å². The van der Waals surface area contributed by atoms with Crippen LogP contribution in [0.1, 0.15) is 0 Å². The minimum Gasteiger partial charge on any atom is -0.350 e. The van der Waals surface area contributed by atoms with Gasteiger partial charge in [-0.05, 0) is 28.7 Å². The van der Waals surface area contributed by atoms with Crippen LogP contribution in [0.3, 0.4) is 0 Å². The lowest BCUT2D eigenvalue weighted by molar-refractivity contribution is 1.39. The lowest BCUT2D eigenvalue weighted by atomic mass is 10.3. The van der Waals surface area contributed by atoms with Gasteiger partial charge in [-0.25, -0.2) is 0 Å². The van der Waals surface area contributed by atoms with Crippen LogP contribution in [0.2, 0.25) is 5.15 Å². The summed E-state index contributed by atoms with van der Waals surface area (Å²) < 4.78 is 1.16. The fourth-order valence-electron chi connectivity index (χ4n) is 0.966. The topological polar surface area (TPSA) is 28.7 Å². The van der Waals surface area contributed by atoms with E-state index in [4.69, 9.17) is 11.6 Å². The molecule has 0 aliphatic heterocycles. The van der Waals surface area contributed by atoms with E-state index in [1.165, 1.54) is 0 Å². The Hall–Kier alpha value is -0.290. The van der Waals surface area contributed by atoms with E-state index in [1.54, 1.807) is 6.20 Å². The van der Waals surface area contributed by atoms with Crippen LogP contribution in [0.25, 0.3) is 10.9 Å². The van der Waals surface area contributed by atoms with Crippen LogP contribution >= 0.6 is 34.2 Å². The monoisotopic (exact) mass is 278 g/mol. The minimum atomic E-state index is 0.610. The normalized spacial score (nSPS) is 10.7. The van der Waals surface area contributed by atoms with Gasteiger partial charge < -0.3 is 4.98 Å². The molecule has 0 bridgehead atoms. The van der Waals surface area contributed by atoms with Gasteiger partial charge in [0.05, 0.1) is 0 Å². The van der Waals surface area contributed by atoms with Gasteiger partial charge in [0.2, 0.25) is 0 Å².